The molecule has 0 atom stereocenters. The quantitative estimate of drug-likeness (QED) is 0.0465. The van der Waals surface area contributed by atoms with Gasteiger partial charge in [-0.3, -0.25) is 10.1 Å². The van der Waals surface area contributed by atoms with Crippen LogP contribution in [0.1, 0.15) is 75.0 Å². The maximum atomic E-state index is 11.5. The second-order valence-corrected chi connectivity index (χ2v) is 12.8. The molecule has 0 radical (unpaired) electrons. The Morgan fingerprint density at radius 2 is 1.22 bits per heavy atom. The predicted molar refractivity (Wildman–Crippen MR) is 169 cm³/mol. The van der Waals surface area contributed by atoms with Gasteiger partial charge in [-0.05, 0) is 56.0 Å². The normalized spacial score (nSPS) is 11.6. The number of benzene rings is 2. The molecule has 214 valence electrons. The monoisotopic (exact) mass is 589 g/mol. The van der Waals surface area contributed by atoms with Gasteiger partial charge in [0.25, 0.3) is 5.69 Å². The summed E-state index contributed by atoms with van der Waals surface area (Å²) in [6, 6.07) is 12.5. The van der Waals surface area contributed by atoms with E-state index in [4.69, 9.17) is 9.97 Å². The van der Waals surface area contributed by atoms with Crippen molar-refractivity contribution in [2.45, 2.75) is 78.1 Å². The van der Waals surface area contributed by atoms with Crippen molar-refractivity contribution in [3.05, 3.63) is 62.3 Å². The molecule has 0 aliphatic rings. The van der Waals surface area contributed by atoms with Gasteiger partial charge in [-0.1, -0.05) is 52.4 Å². The van der Waals surface area contributed by atoms with Crippen LogP contribution in [0.5, 0.6) is 11.5 Å². The number of non-ortho nitro benzene ring substituents is 1. The van der Waals surface area contributed by atoms with Gasteiger partial charge in [0, 0.05) is 31.6 Å². The summed E-state index contributed by atoms with van der Waals surface area (Å²) >= 11 is 3.16. The van der Waals surface area contributed by atoms with Crippen molar-refractivity contribution in [1.82, 2.24) is 9.97 Å². The van der Waals surface area contributed by atoms with Crippen LogP contribution in [0.4, 0.5) is 5.69 Å². The Labute approximate surface area is 247 Å². The second-order valence-electron chi connectivity index (χ2n) is 10.5. The van der Waals surface area contributed by atoms with Crippen LogP contribution in [0.15, 0.2) is 42.5 Å². The number of nitrogens with zero attached hydrogens (tertiary/aromatic N) is 3. The maximum Gasteiger partial charge on any atom is 0.271 e. The zero-order valence-corrected chi connectivity index (χ0v) is 25.1. The van der Waals surface area contributed by atoms with Crippen molar-refractivity contribution < 1.29 is 15.1 Å². The molecule has 0 aliphatic carbocycles. The molecule has 5 rings (SSSR count). The molecule has 0 saturated carbocycles. The summed E-state index contributed by atoms with van der Waals surface area (Å²) in [6.07, 6.45) is 11.2. The molecule has 41 heavy (non-hydrogen) atoms. The van der Waals surface area contributed by atoms with Gasteiger partial charge in [0.2, 0.25) is 0 Å². The first-order valence-electron chi connectivity index (χ1n) is 14.4. The Bertz CT molecular complexity index is 1690. The minimum Gasteiger partial charge on any atom is -0.504 e. The zero-order chi connectivity index (χ0) is 28.9. The van der Waals surface area contributed by atoms with E-state index < -0.39 is 4.92 Å². The lowest BCUT2D eigenvalue weighted by Crippen LogP contribution is -1.95. The molecule has 3 aromatic heterocycles. The van der Waals surface area contributed by atoms with E-state index in [1.54, 1.807) is 28.7 Å². The van der Waals surface area contributed by atoms with Gasteiger partial charge < -0.3 is 10.2 Å². The topological polar surface area (TPSA) is 109 Å². The summed E-state index contributed by atoms with van der Waals surface area (Å²) in [5, 5.41) is 34.4. The summed E-state index contributed by atoms with van der Waals surface area (Å²) in [7, 11) is 0. The molecule has 0 amide bonds. The molecule has 0 saturated heterocycles. The summed E-state index contributed by atoms with van der Waals surface area (Å²) in [5.74, 6) is -0.468. The highest BCUT2D eigenvalue weighted by molar-refractivity contribution is 7.16. The molecule has 3 heterocycles. The Morgan fingerprint density at radius 1 is 0.707 bits per heavy atom. The van der Waals surface area contributed by atoms with Crippen LogP contribution in [0, 0.1) is 10.1 Å². The molecule has 9 heteroatoms. The first kappa shape index (κ1) is 29.0. The third kappa shape index (κ3) is 6.21. The molecule has 0 spiro atoms. The Morgan fingerprint density at radius 3 is 1.71 bits per heavy atom. The minimum atomic E-state index is -0.455. The predicted octanol–water partition coefficient (Wildman–Crippen LogP) is 9.80. The minimum absolute atomic E-state index is 0.0765. The lowest BCUT2D eigenvalue weighted by molar-refractivity contribution is -0.384. The van der Waals surface area contributed by atoms with E-state index in [0.29, 0.717) is 33.2 Å². The van der Waals surface area contributed by atoms with E-state index in [1.807, 2.05) is 12.1 Å². The number of hydrogen-bond acceptors (Lipinski definition) is 8. The number of thiophene rings is 2. The van der Waals surface area contributed by atoms with E-state index in [9.17, 15) is 20.3 Å². The van der Waals surface area contributed by atoms with E-state index in [2.05, 4.69) is 26.0 Å². The number of nitro groups is 1. The van der Waals surface area contributed by atoms with Crippen molar-refractivity contribution in [2.75, 3.05) is 0 Å². The van der Waals surface area contributed by atoms with Crippen LogP contribution >= 0.6 is 22.7 Å². The number of phenolic OH excluding ortho intramolecular Hbond substituents is 2. The van der Waals surface area contributed by atoms with Crippen molar-refractivity contribution in [2.24, 2.45) is 0 Å². The standard InChI is InChI=1S/C32H35N3O4S2/c1-3-5-7-9-11-21-14-17-25(40-21)27-29-30(34-24-19-20(35(38)39)13-16-23(24)33-29)28(32(37)31(27)36)26-18-15-22(41-26)12-10-8-6-4-2/h13-19,36-37H,3-12H2,1-2H3. The molecule has 2 aromatic carbocycles. The summed E-state index contributed by atoms with van der Waals surface area (Å²) in [6.45, 7) is 4.39. The smallest absolute Gasteiger partial charge is 0.271 e. The largest absolute Gasteiger partial charge is 0.504 e. The summed E-state index contributed by atoms with van der Waals surface area (Å²) in [5.41, 5.74) is 2.50. The number of fused-ring (bicyclic) bond motifs is 2. The van der Waals surface area contributed by atoms with Crippen LogP contribution in [0.3, 0.4) is 0 Å². The average Bonchev–Trinajstić information content (AvgIpc) is 3.63. The van der Waals surface area contributed by atoms with Gasteiger partial charge in [0.15, 0.2) is 11.5 Å². The fraction of sp³-hybridized carbons (Fsp3) is 0.375. The van der Waals surface area contributed by atoms with Gasteiger partial charge in [-0.2, -0.15) is 0 Å². The SMILES string of the molecule is CCCCCCc1ccc(-c2c(O)c(O)c(-c3ccc(CCCCCC)s3)c3nc4cc([N+](=O)[O-])ccc4nc23)s1. The number of hydrogen-bond donors (Lipinski definition) is 2. The third-order valence-electron chi connectivity index (χ3n) is 7.40. The van der Waals surface area contributed by atoms with E-state index >= 15 is 0 Å². The highest BCUT2D eigenvalue weighted by Gasteiger charge is 2.26. The second kappa shape index (κ2) is 13.0. The van der Waals surface area contributed by atoms with Crippen LogP contribution in [0.2, 0.25) is 0 Å². The van der Waals surface area contributed by atoms with Crippen molar-refractivity contribution in [3.63, 3.8) is 0 Å². The van der Waals surface area contributed by atoms with E-state index in [-0.39, 0.29) is 17.2 Å². The van der Waals surface area contributed by atoms with Crippen molar-refractivity contribution in [3.8, 4) is 32.4 Å². The van der Waals surface area contributed by atoms with E-state index in [0.717, 1.165) is 35.4 Å². The lowest BCUT2D eigenvalue weighted by atomic mass is 10.0. The maximum absolute atomic E-state index is 11.5. The molecule has 0 aliphatic heterocycles. The number of phenols is 2. The van der Waals surface area contributed by atoms with Crippen LogP contribution in [-0.2, 0) is 12.8 Å². The number of nitro benzene ring substituents is 1. The van der Waals surface area contributed by atoms with Crippen LogP contribution < -0.4 is 0 Å². The lowest BCUT2D eigenvalue weighted by Gasteiger charge is -2.14. The van der Waals surface area contributed by atoms with Gasteiger partial charge in [-0.15, -0.1) is 22.7 Å². The van der Waals surface area contributed by atoms with Crippen LogP contribution in [0.25, 0.3) is 42.9 Å². The Hall–Kier alpha value is -3.56. The fourth-order valence-corrected chi connectivity index (χ4v) is 7.37. The summed E-state index contributed by atoms with van der Waals surface area (Å²) < 4.78 is 0. The molecule has 0 bridgehead atoms. The number of aromatic hydroxyl groups is 2. The zero-order valence-electron chi connectivity index (χ0n) is 23.5. The van der Waals surface area contributed by atoms with Crippen molar-refractivity contribution in [1.29, 1.82) is 0 Å². The van der Waals surface area contributed by atoms with Crippen LogP contribution in [-0.4, -0.2) is 25.1 Å². The van der Waals surface area contributed by atoms with Gasteiger partial charge in [-0.25, -0.2) is 9.97 Å². The van der Waals surface area contributed by atoms with Gasteiger partial charge in [0.1, 0.15) is 11.0 Å². The molecule has 5 aromatic rings. The molecule has 0 unspecified atom stereocenters. The highest BCUT2D eigenvalue weighted by atomic mass is 32.1. The summed E-state index contributed by atoms with van der Waals surface area (Å²) in [4.78, 5) is 24.7. The first-order chi connectivity index (χ1) is 19.9. The molecular weight excluding hydrogens is 555 g/mol. The molecule has 2 N–H and O–H groups in total. The Kier molecular flexibility index (Phi) is 9.15. The first-order valence-corrected chi connectivity index (χ1v) is 16.1. The number of aromatic nitrogens is 2. The molecule has 0 fully saturated rings. The number of aryl methyl sites for hydroxylation is 2. The van der Waals surface area contributed by atoms with Crippen molar-refractivity contribution >= 4 is 50.4 Å². The third-order valence-corrected chi connectivity index (χ3v) is 9.72. The highest BCUT2D eigenvalue weighted by Crippen LogP contribution is 2.51. The van der Waals surface area contributed by atoms with E-state index in [1.165, 1.54) is 60.4 Å². The van der Waals surface area contributed by atoms with Gasteiger partial charge in [0.05, 0.1) is 27.1 Å². The number of rotatable bonds is 13. The number of unbranched alkanes of at least 4 members (excludes halogenated alkanes) is 6. The molecular formula is C32H35N3O4S2. The fourth-order valence-electron chi connectivity index (χ4n) is 5.18. The molecule has 7 nitrogen and oxygen atoms in total. The Balaban J connectivity index is 1.65. The average molecular weight is 590 g/mol. The van der Waals surface area contributed by atoms with Gasteiger partial charge >= 0.3 is 0 Å².